The Bertz CT molecular complexity index is 456. The molecule has 0 radical (unpaired) electrons. The first-order chi connectivity index (χ1) is 9.96. The van der Waals surface area contributed by atoms with E-state index in [1.165, 1.54) is 5.56 Å². The van der Waals surface area contributed by atoms with Gasteiger partial charge in [0.2, 0.25) is 0 Å². The van der Waals surface area contributed by atoms with Gasteiger partial charge in [0.05, 0.1) is 0 Å². The lowest BCUT2D eigenvalue weighted by Crippen LogP contribution is -2.44. The van der Waals surface area contributed by atoms with E-state index in [1.807, 2.05) is 37.8 Å². The smallest absolute Gasteiger partial charge is 0.410 e. The van der Waals surface area contributed by atoms with Crippen molar-refractivity contribution >= 4 is 6.09 Å². The van der Waals surface area contributed by atoms with Gasteiger partial charge in [-0.3, -0.25) is 4.98 Å². The van der Waals surface area contributed by atoms with Crippen molar-refractivity contribution in [3.05, 3.63) is 30.1 Å². The fourth-order valence-corrected chi connectivity index (χ4v) is 2.49. The molecule has 0 spiro atoms. The second kappa shape index (κ2) is 6.89. The van der Waals surface area contributed by atoms with Crippen LogP contribution in [0.15, 0.2) is 24.5 Å². The van der Waals surface area contributed by atoms with Crippen LogP contribution in [0.5, 0.6) is 0 Å². The molecule has 21 heavy (non-hydrogen) atoms. The zero-order valence-corrected chi connectivity index (χ0v) is 13.1. The van der Waals surface area contributed by atoms with E-state index in [-0.39, 0.29) is 12.1 Å². The second-order valence-corrected chi connectivity index (χ2v) is 6.46. The lowest BCUT2D eigenvalue weighted by atomic mass is 10.2. The van der Waals surface area contributed by atoms with Gasteiger partial charge in [-0.1, -0.05) is 0 Å². The van der Waals surface area contributed by atoms with Crippen LogP contribution < -0.4 is 5.32 Å². The van der Waals surface area contributed by atoms with Gasteiger partial charge in [-0.25, -0.2) is 4.79 Å². The Balaban J connectivity index is 1.80. The number of nitrogens with one attached hydrogen (secondary N) is 1. The van der Waals surface area contributed by atoms with Crippen molar-refractivity contribution in [3.8, 4) is 0 Å². The van der Waals surface area contributed by atoms with Crippen LogP contribution in [0.4, 0.5) is 4.79 Å². The van der Waals surface area contributed by atoms with Gasteiger partial charge in [0.25, 0.3) is 0 Å². The van der Waals surface area contributed by atoms with Crippen LogP contribution in [0.25, 0.3) is 0 Å². The minimum Gasteiger partial charge on any atom is -0.444 e. The topological polar surface area (TPSA) is 54.5 Å². The average Bonchev–Trinajstić information content (AvgIpc) is 2.86. The predicted molar refractivity (Wildman–Crippen MR) is 81.9 cm³/mol. The quantitative estimate of drug-likeness (QED) is 0.926. The molecular weight excluding hydrogens is 266 g/mol. The van der Waals surface area contributed by atoms with Gasteiger partial charge in [0.1, 0.15) is 5.60 Å². The second-order valence-electron chi connectivity index (χ2n) is 6.46. The van der Waals surface area contributed by atoms with E-state index in [0.29, 0.717) is 0 Å². The van der Waals surface area contributed by atoms with Crippen LogP contribution in [0.2, 0.25) is 0 Å². The van der Waals surface area contributed by atoms with Gasteiger partial charge >= 0.3 is 6.09 Å². The van der Waals surface area contributed by atoms with Gasteiger partial charge in [-0.05, 0) is 51.3 Å². The molecule has 0 aromatic carbocycles. The number of pyridine rings is 1. The molecule has 0 saturated carbocycles. The van der Waals surface area contributed by atoms with Crippen molar-refractivity contribution < 1.29 is 9.53 Å². The van der Waals surface area contributed by atoms with Crippen LogP contribution in [0.1, 0.15) is 39.2 Å². The molecule has 2 rings (SSSR count). The summed E-state index contributed by atoms with van der Waals surface area (Å²) in [5, 5.41) is 3.41. The fraction of sp³-hybridized carbons (Fsp3) is 0.625. The molecule has 0 aliphatic carbocycles. The maximum absolute atomic E-state index is 12.2. The lowest BCUT2D eigenvalue weighted by Gasteiger charge is -2.28. The molecule has 116 valence electrons. The number of carbonyl (C=O) groups excluding carboxylic acids is 1. The van der Waals surface area contributed by atoms with Crippen molar-refractivity contribution in [2.45, 2.75) is 51.8 Å². The number of nitrogens with zero attached hydrogens (tertiary/aromatic N) is 2. The average molecular weight is 291 g/mol. The molecule has 1 amide bonds. The molecule has 5 nitrogen and oxygen atoms in total. The van der Waals surface area contributed by atoms with Crippen LogP contribution in [0, 0.1) is 0 Å². The highest BCUT2D eigenvalue weighted by molar-refractivity contribution is 5.69. The van der Waals surface area contributed by atoms with Crippen molar-refractivity contribution in [1.29, 1.82) is 0 Å². The first kappa shape index (κ1) is 15.8. The normalized spacial score (nSPS) is 18.8. The first-order valence-electron chi connectivity index (χ1n) is 7.55. The van der Waals surface area contributed by atoms with Crippen LogP contribution in [-0.2, 0) is 11.3 Å². The van der Waals surface area contributed by atoms with E-state index in [4.69, 9.17) is 4.74 Å². The first-order valence-corrected chi connectivity index (χ1v) is 7.55. The maximum Gasteiger partial charge on any atom is 0.410 e. The number of rotatable bonds is 4. The molecule has 0 unspecified atom stereocenters. The van der Waals surface area contributed by atoms with Gasteiger partial charge in [-0.15, -0.1) is 0 Å². The highest BCUT2D eigenvalue weighted by Gasteiger charge is 2.31. The van der Waals surface area contributed by atoms with Gasteiger partial charge in [-0.2, -0.15) is 0 Å². The van der Waals surface area contributed by atoms with E-state index in [0.717, 1.165) is 32.5 Å². The maximum atomic E-state index is 12.2. The molecule has 0 bridgehead atoms. The zero-order valence-electron chi connectivity index (χ0n) is 13.1. The molecule has 1 aliphatic rings. The highest BCUT2D eigenvalue weighted by Crippen LogP contribution is 2.20. The molecule has 1 aromatic heterocycles. The minimum absolute atomic E-state index is 0.198. The molecule has 1 fully saturated rings. The van der Waals surface area contributed by atoms with Crippen molar-refractivity contribution in [3.63, 3.8) is 0 Å². The predicted octanol–water partition coefficient (Wildman–Crippen LogP) is 2.57. The summed E-state index contributed by atoms with van der Waals surface area (Å²) in [7, 11) is 0. The largest absolute Gasteiger partial charge is 0.444 e. The molecular formula is C16H25N3O2. The number of amides is 1. The molecule has 1 N–H and O–H groups in total. The third kappa shape index (κ3) is 5.01. The Morgan fingerprint density at radius 3 is 2.81 bits per heavy atom. The Labute approximate surface area is 126 Å². The number of aromatic nitrogens is 1. The summed E-state index contributed by atoms with van der Waals surface area (Å²) in [5.41, 5.74) is 0.765. The van der Waals surface area contributed by atoms with E-state index < -0.39 is 5.60 Å². The Hall–Kier alpha value is -1.62. The van der Waals surface area contributed by atoms with Crippen LogP contribution in [-0.4, -0.2) is 40.7 Å². The van der Waals surface area contributed by atoms with E-state index in [2.05, 4.69) is 10.3 Å². The van der Waals surface area contributed by atoms with E-state index >= 15 is 0 Å². The summed E-state index contributed by atoms with van der Waals surface area (Å²) >= 11 is 0. The van der Waals surface area contributed by atoms with E-state index in [9.17, 15) is 4.79 Å². The van der Waals surface area contributed by atoms with Crippen molar-refractivity contribution in [1.82, 2.24) is 15.2 Å². The lowest BCUT2D eigenvalue weighted by molar-refractivity contribution is 0.0226. The molecule has 1 aliphatic heterocycles. The van der Waals surface area contributed by atoms with Crippen molar-refractivity contribution in [2.24, 2.45) is 0 Å². The standard InChI is InChI=1S/C16H25N3O2/c1-16(2,3)21-15(20)19-10-4-5-14(19)12-18-11-13-6-8-17-9-7-13/h6-9,14,18H,4-5,10-12H2,1-3H3/t14-/m0/s1. The molecule has 1 saturated heterocycles. The Morgan fingerprint density at radius 2 is 2.14 bits per heavy atom. The summed E-state index contributed by atoms with van der Waals surface area (Å²) in [6, 6.07) is 4.21. The van der Waals surface area contributed by atoms with Gasteiger partial charge in [0.15, 0.2) is 0 Å². The van der Waals surface area contributed by atoms with Gasteiger partial charge < -0.3 is 15.0 Å². The molecule has 2 heterocycles. The number of hydrogen-bond donors (Lipinski definition) is 1. The summed E-state index contributed by atoms with van der Waals surface area (Å²) in [4.78, 5) is 18.0. The molecule has 1 atom stereocenters. The monoisotopic (exact) mass is 291 g/mol. The Morgan fingerprint density at radius 1 is 1.43 bits per heavy atom. The fourth-order valence-electron chi connectivity index (χ4n) is 2.49. The Kier molecular flexibility index (Phi) is 5.17. The summed E-state index contributed by atoms with van der Waals surface area (Å²) < 4.78 is 5.47. The third-order valence-electron chi connectivity index (χ3n) is 3.46. The number of likely N-dealkylation sites (tertiary alicyclic amines) is 1. The highest BCUT2D eigenvalue weighted by atomic mass is 16.6. The van der Waals surface area contributed by atoms with Crippen LogP contribution in [0.3, 0.4) is 0 Å². The summed E-state index contributed by atoms with van der Waals surface area (Å²) in [6.45, 7) is 8.08. The van der Waals surface area contributed by atoms with E-state index in [1.54, 1.807) is 12.4 Å². The third-order valence-corrected chi connectivity index (χ3v) is 3.46. The SMILES string of the molecule is CC(C)(C)OC(=O)N1CCC[C@H]1CNCc1ccncc1. The number of hydrogen-bond acceptors (Lipinski definition) is 4. The number of carbonyl (C=O) groups is 1. The summed E-state index contributed by atoms with van der Waals surface area (Å²) in [5.74, 6) is 0. The van der Waals surface area contributed by atoms with Crippen molar-refractivity contribution in [2.75, 3.05) is 13.1 Å². The molecule has 5 heteroatoms. The van der Waals surface area contributed by atoms with Crippen LogP contribution >= 0.6 is 0 Å². The van der Waals surface area contributed by atoms with Gasteiger partial charge in [0, 0.05) is 38.1 Å². The minimum atomic E-state index is -0.436. The summed E-state index contributed by atoms with van der Waals surface area (Å²) in [6.07, 6.45) is 5.46. The zero-order chi connectivity index (χ0) is 15.3. The molecule has 1 aromatic rings. The number of ether oxygens (including phenoxy) is 1.